The number of nitrogens with one attached hydrogen (secondary N) is 3. The van der Waals surface area contributed by atoms with Crippen LogP contribution in [0, 0.1) is 5.41 Å². The molecule has 0 spiro atoms. The summed E-state index contributed by atoms with van der Waals surface area (Å²) in [5.74, 6) is 1.18. The second kappa shape index (κ2) is 12.1. The van der Waals surface area contributed by atoms with Crippen molar-refractivity contribution in [1.29, 1.82) is 5.41 Å². The third-order valence-corrected chi connectivity index (χ3v) is 7.39. The molecule has 8 nitrogen and oxygen atoms in total. The smallest absolute Gasteiger partial charge is 0.270 e. The van der Waals surface area contributed by atoms with Crippen molar-refractivity contribution in [3.63, 3.8) is 0 Å². The van der Waals surface area contributed by atoms with Gasteiger partial charge in [0.15, 0.2) is 0 Å². The largest absolute Gasteiger partial charge is 0.373 e. The average Bonchev–Trinajstić information content (AvgIpc) is 2.88. The zero-order valence-corrected chi connectivity index (χ0v) is 21.1. The SMILES string of the molecule is CNc1nc(N2CCCCCCC2)ccc1C(=N)C(=O)NC1CCN(C(C)c2ccncc2)CC1. The highest BCUT2D eigenvalue weighted by molar-refractivity contribution is 6.45. The van der Waals surface area contributed by atoms with Crippen molar-refractivity contribution in [3.05, 3.63) is 47.8 Å². The Morgan fingerprint density at radius 1 is 1.00 bits per heavy atom. The summed E-state index contributed by atoms with van der Waals surface area (Å²) in [7, 11) is 1.80. The highest BCUT2D eigenvalue weighted by Gasteiger charge is 2.26. The Morgan fingerprint density at radius 2 is 1.66 bits per heavy atom. The van der Waals surface area contributed by atoms with Gasteiger partial charge in [-0.15, -0.1) is 0 Å². The summed E-state index contributed by atoms with van der Waals surface area (Å²) in [6, 6.07) is 8.35. The molecule has 0 radical (unpaired) electrons. The molecule has 2 aliphatic rings. The molecule has 0 aliphatic carbocycles. The van der Waals surface area contributed by atoms with E-state index in [9.17, 15) is 4.79 Å². The average molecular weight is 478 g/mol. The van der Waals surface area contributed by atoms with E-state index in [1.807, 2.05) is 24.5 Å². The van der Waals surface area contributed by atoms with Gasteiger partial charge in [0.05, 0.1) is 0 Å². The molecule has 2 fully saturated rings. The maximum Gasteiger partial charge on any atom is 0.270 e. The zero-order chi connectivity index (χ0) is 24.6. The fourth-order valence-electron chi connectivity index (χ4n) is 5.16. The first kappa shape index (κ1) is 25.1. The van der Waals surface area contributed by atoms with Gasteiger partial charge in [-0.3, -0.25) is 20.1 Å². The zero-order valence-electron chi connectivity index (χ0n) is 21.1. The summed E-state index contributed by atoms with van der Waals surface area (Å²) in [5.41, 5.74) is 1.77. The van der Waals surface area contributed by atoms with Crippen LogP contribution in [0.1, 0.15) is 69.0 Å². The molecule has 0 aromatic carbocycles. The lowest BCUT2D eigenvalue weighted by atomic mass is 10.00. The van der Waals surface area contributed by atoms with Gasteiger partial charge in [-0.25, -0.2) is 4.98 Å². The quantitative estimate of drug-likeness (QED) is 0.522. The fraction of sp³-hybridized carbons (Fsp3) is 0.556. The number of hydrogen-bond donors (Lipinski definition) is 3. The van der Waals surface area contributed by atoms with Gasteiger partial charge in [-0.2, -0.15) is 0 Å². The van der Waals surface area contributed by atoms with E-state index in [1.54, 1.807) is 7.05 Å². The van der Waals surface area contributed by atoms with Crippen molar-refractivity contribution < 1.29 is 4.79 Å². The number of anilines is 2. The molecule has 188 valence electrons. The molecule has 35 heavy (non-hydrogen) atoms. The molecule has 2 aromatic rings. The molecule has 2 aliphatic heterocycles. The minimum atomic E-state index is -0.331. The van der Waals surface area contributed by atoms with Crippen molar-refractivity contribution >= 4 is 23.3 Å². The number of hydrogen-bond acceptors (Lipinski definition) is 7. The van der Waals surface area contributed by atoms with Gasteiger partial charge in [-0.05, 0) is 62.4 Å². The molecule has 1 amide bonds. The lowest BCUT2D eigenvalue weighted by molar-refractivity contribution is -0.115. The predicted molar refractivity (Wildman–Crippen MR) is 141 cm³/mol. The standard InChI is InChI=1S/C27H39N7O/c1-20(21-10-14-30-15-11-21)33-18-12-22(13-19-33)31-27(35)25(28)23-8-9-24(32-26(23)29-2)34-16-6-4-3-5-7-17-34/h8-11,14-15,20,22,28H,3-7,12-13,16-19H2,1-2H3,(H,29,32)(H,31,35). The molecule has 2 aromatic heterocycles. The molecule has 0 bridgehead atoms. The van der Waals surface area contributed by atoms with Crippen molar-refractivity contribution in [2.75, 3.05) is 43.4 Å². The number of aromatic nitrogens is 2. The second-order valence-corrected chi connectivity index (χ2v) is 9.69. The Kier molecular flexibility index (Phi) is 8.69. The molecule has 4 rings (SSSR count). The Hall–Kier alpha value is -3.00. The van der Waals surface area contributed by atoms with E-state index < -0.39 is 0 Å². The van der Waals surface area contributed by atoms with Gasteiger partial charge < -0.3 is 15.5 Å². The topological polar surface area (TPSA) is 97.2 Å². The number of carbonyl (C=O) groups excluding carboxylic acids is 1. The van der Waals surface area contributed by atoms with Crippen LogP contribution in [0.15, 0.2) is 36.7 Å². The number of pyridine rings is 2. The number of carbonyl (C=O) groups is 1. The lowest BCUT2D eigenvalue weighted by Gasteiger charge is -2.36. The van der Waals surface area contributed by atoms with E-state index >= 15 is 0 Å². The summed E-state index contributed by atoms with van der Waals surface area (Å²) in [4.78, 5) is 26.6. The molecule has 1 unspecified atom stereocenters. The number of likely N-dealkylation sites (tertiary alicyclic amines) is 1. The molecule has 8 heteroatoms. The highest BCUT2D eigenvalue weighted by Crippen LogP contribution is 2.25. The fourth-order valence-corrected chi connectivity index (χ4v) is 5.16. The number of piperidine rings is 1. The maximum atomic E-state index is 13.0. The van der Waals surface area contributed by atoms with Crippen LogP contribution in [0.5, 0.6) is 0 Å². The predicted octanol–water partition coefficient (Wildman–Crippen LogP) is 4.00. The Bertz CT molecular complexity index is 980. The molecular weight excluding hydrogens is 438 g/mol. The van der Waals surface area contributed by atoms with Crippen LogP contribution in [0.4, 0.5) is 11.6 Å². The van der Waals surface area contributed by atoms with Gasteiger partial charge in [0.1, 0.15) is 17.3 Å². The van der Waals surface area contributed by atoms with E-state index in [0.29, 0.717) is 17.4 Å². The Morgan fingerprint density at radius 3 is 2.31 bits per heavy atom. The third-order valence-electron chi connectivity index (χ3n) is 7.39. The van der Waals surface area contributed by atoms with Crippen LogP contribution >= 0.6 is 0 Å². The van der Waals surface area contributed by atoms with Crippen LogP contribution in [0.2, 0.25) is 0 Å². The van der Waals surface area contributed by atoms with Gasteiger partial charge >= 0.3 is 0 Å². The molecule has 3 N–H and O–H groups in total. The lowest BCUT2D eigenvalue weighted by Crippen LogP contribution is -2.47. The maximum absolute atomic E-state index is 13.0. The Balaban J connectivity index is 1.34. The first-order valence-corrected chi connectivity index (χ1v) is 13.0. The summed E-state index contributed by atoms with van der Waals surface area (Å²) in [6.07, 6.45) is 11.6. The molecular formula is C27H39N7O. The van der Waals surface area contributed by atoms with Gasteiger partial charge in [-0.1, -0.05) is 19.3 Å². The number of rotatable bonds is 7. The van der Waals surface area contributed by atoms with Gasteiger partial charge in [0, 0.05) is 63.3 Å². The molecule has 4 heterocycles. The van der Waals surface area contributed by atoms with E-state index in [-0.39, 0.29) is 17.7 Å². The van der Waals surface area contributed by atoms with Gasteiger partial charge in [0.25, 0.3) is 5.91 Å². The van der Waals surface area contributed by atoms with Crippen molar-refractivity contribution in [2.45, 2.75) is 64.0 Å². The van der Waals surface area contributed by atoms with Crippen LogP contribution in [0.3, 0.4) is 0 Å². The van der Waals surface area contributed by atoms with Crippen molar-refractivity contribution in [2.24, 2.45) is 0 Å². The van der Waals surface area contributed by atoms with Crippen molar-refractivity contribution in [1.82, 2.24) is 20.2 Å². The van der Waals surface area contributed by atoms with E-state index in [0.717, 1.165) is 44.8 Å². The summed E-state index contributed by atoms with van der Waals surface area (Å²) in [6.45, 7) is 6.05. The van der Waals surface area contributed by atoms with Crippen LogP contribution in [-0.4, -0.2) is 65.8 Å². The summed E-state index contributed by atoms with van der Waals surface area (Å²) >= 11 is 0. The molecule has 0 saturated carbocycles. The first-order valence-electron chi connectivity index (χ1n) is 13.0. The van der Waals surface area contributed by atoms with E-state index in [2.05, 4.69) is 44.5 Å². The molecule has 1 atom stereocenters. The number of amides is 1. The monoisotopic (exact) mass is 477 g/mol. The van der Waals surface area contributed by atoms with E-state index in [1.165, 1.54) is 37.7 Å². The van der Waals surface area contributed by atoms with Gasteiger partial charge in [0.2, 0.25) is 0 Å². The minimum absolute atomic E-state index is 0.0337. The minimum Gasteiger partial charge on any atom is -0.373 e. The highest BCUT2D eigenvalue weighted by atomic mass is 16.1. The summed E-state index contributed by atoms with van der Waals surface area (Å²) < 4.78 is 0. The molecule has 2 saturated heterocycles. The Labute approximate surface area is 209 Å². The third kappa shape index (κ3) is 6.36. The second-order valence-electron chi connectivity index (χ2n) is 9.69. The van der Waals surface area contributed by atoms with Crippen molar-refractivity contribution in [3.8, 4) is 0 Å². The van der Waals surface area contributed by atoms with Crippen LogP contribution in [-0.2, 0) is 4.79 Å². The van der Waals surface area contributed by atoms with E-state index in [4.69, 9.17) is 10.4 Å². The van der Waals surface area contributed by atoms with Crippen LogP contribution < -0.4 is 15.5 Å². The normalized spacial score (nSPS) is 18.9. The first-order chi connectivity index (χ1) is 17.1. The van der Waals surface area contributed by atoms with Crippen LogP contribution in [0.25, 0.3) is 0 Å². The number of nitrogens with zero attached hydrogens (tertiary/aromatic N) is 4. The summed E-state index contributed by atoms with van der Waals surface area (Å²) in [5, 5.41) is 14.8.